The third kappa shape index (κ3) is 8.18. The summed E-state index contributed by atoms with van der Waals surface area (Å²) in [4.78, 5) is 28.6. The van der Waals surface area contributed by atoms with Gasteiger partial charge in [-0.2, -0.15) is 0 Å². The molecule has 0 bridgehead atoms. The summed E-state index contributed by atoms with van der Waals surface area (Å²) in [6.07, 6.45) is 0.395. The van der Waals surface area contributed by atoms with Crippen LogP contribution in [0, 0.1) is 5.92 Å². The van der Waals surface area contributed by atoms with Crippen molar-refractivity contribution in [3.05, 3.63) is 96.1 Å². The minimum atomic E-state index is -0.700. The molecule has 35 heavy (non-hydrogen) atoms. The van der Waals surface area contributed by atoms with Crippen LogP contribution >= 0.6 is 0 Å². The molecule has 1 unspecified atom stereocenters. The number of carbonyl (C=O) groups is 2. The fourth-order valence-electron chi connectivity index (χ4n) is 3.69. The van der Waals surface area contributed by atoms with Crippen LogP contribution in [0.4, 0.5) is 0 Å². The number of hydrogen-bond donors (Lipinski definition) is 1. The van der Waals surface area contributed by atoms with Gasteiger partial charge in [0, 0.05) is 19.5 Å². The number of nitrogens with zero attached hydrogens (tertiary/aromatic N) is 1. The zero-order chi connectivity index (χ0) is 25.0. The van der Waals surface area contributed by atoms with E-state index < -0.39 is 6.04 Å². The van der Waals surface area contributed by atoms with Gasteiger partial charge >= 0.3 is 0 Å². The Kier molecular flexibility index (Phi) is 9.72. The third-order valence-electron chi connectivity index (χ3n) is 5.55. The Bertz CT molecular complexity index is 1070. The van der Waals surface area contributed by atoms with E-state index in [1.165, 1.54) is 0 Å². The Balaban J connectivity index is 1.90. The predicted molar refractivity (Wildman–Crippen MR) is 137 cm³/mol. The lowest BCUT2D eigenvalue weighted by Gasteiger charge is -2.31. The monoisotopic (exact) mass is 474 g/mol. The maximum atomic E-state index is 13.5. The molecule has 3 rings (SSSR count). The lowest BCUT2D eigenvalue weighted by Crippen LogP contribution is -2.52. The summed E-state index contributed by atoms with van der Waals surface area (Å²) in [5.41, 5.74) is 1.84. The molecule has 0 aliphatic carbocycles. The van der Waals surface area contributed by atoms with Gasteiger partial charge in [0.1, 0.15) is 17.5 Å². The van der Waals surface area contributed by atoms with E-state index in [4.69, 9.17) is 9.47 Å². The summed E-state index contributed by atoms with van der Waals surface area (Å²) in [5.74, 6) is 1.14. The van der Waals surface area contributed by atoms with Gasteiger partial charge in [0.15, 0.2) is 6.61 Å². The summed E-state index contributed by atoms with van der Waals surface area (Å²) >= 11 is 0. The largest absolute Gasteiger partial charge is 0.497 e. The SMILES string of the molecule is COc1cccc(CN(C(=O)COc2ccccc2)C(Cc2ccccc2)C(=O)NCC(C)C)c1. The van der Waals surface area contributed by atoms with Crippen LogP contribution in [0.3, 0.4) is 0 Å². The number of rotatable bonds is 12. The molecule has 2 amide bonds. The number of methoxy groups -OCH3 is 1. The van der Waals surface area contributed by atoms with Gasteiger partial charge in [-0.3, -0.25) is 9.59 Å². The van der Waals surface area contributed by atoms with Gasteiger partial charge in [-0.25, -0.2) is 0 Å². The average Bonchev–Trinajstić information content (AvgIpc) is 2.89. The van der Waals surface area contributed by atoms with Gasteiger partial charge in [0.2, 0.25) is 5.91 Å². The maximum Gasteiger partial charge on any atom is 0.261 e. The first-order valence-electron chi connectivity index (χ1n) is 11.9. The number of amides is 2. The Morgan fingerprint density at radius 3 is 2.14 bits per heavy atom. The molecular formula is C29H34N2O4. The summed E-state index contributed by atoms with van der Waals surface area (Å²) in [7, 11) is 1.60. The van der Waals surface area contributed by atoms with Crippen LogP contribution in [0.1, 0.15) is 25.0 Å². The number of carbonyl (C=O) groups excluding carboxylic acids is 2. The molecule has 0 saturated carbocycles. The summed E-state index contributed by atoms with van der Waals surface area (Å²) in [6.45, 7) is 4.70. The fourth-order valence-corrected chi connectivity index (χ4v) is 3.69. The Labute approximate surface area is 207 Å². The molecule has 0 aliphatic rings. The number of ether oxygens (including phenoxy) is 2. The highest BCUT2D eigenvalue weighted by atomic mass is 16.5. The molecule has 6 nitrogen and oxygen atoms in total. The molecule has 0 fully saturated rings. The van der Waals surface area contributed by atoms with Gasteiger partial charge in [0.25, 0.3) is 5.91 Å². The molecule has 0 heterocycles. The summed E-state index contributed by atoms with van der Waals surface area (Å²) in [6, 6.07) is 25.8. The van der Waals surface area contributed by atoms with Gasteiger partial charge in [-0.05, 0) is 41.3 Å². The topological polar surface area (TPSA) is 67.9 Å². The van der Waals surface area contributed by atoms with E-state index in [1.54, 1.807) is 24.1 Å². The number of hydrogen-bond acceptors (Lipinski definition) is 4. The van der Waals surface area contributed by atoms with Crippen LogP contribution in [0.25, 0.3) is 0 Å². The van der Waals surface area contributed by atoms with Crippen LogP contribution in [0.5, 0.6) is 11.5 Å². The van der Waals surface area contributed by atoms with E-state index in [-0.39, 0.29) is 25.0 Å². The van der Waals surface area contributed by atoms with Crippen molar-refractivity contribution in [2.45, 2.75) is 32.9 Å². The van der Waals surface area contributed by atoms with Gasteiger partial charge < -0.3 is 19.7 Å². The number of para-hydroxylation sites is 1. The highest BCUT2D eigenvalue weighted by molar-refractivity contribution is 5.88. The van der Waals surface area contributed by atoms with E-state index in [9.17, 15) is 9.59 Å². The van der Waals surface area contributed by atoms with Crippen molar-refractivity contribution < 1.29 is 19.1 Å². The molecule has 1 atom stereocenters. The second-order valence-electron chi connectivity index (χ2n) is 8.82. The van der Waals surface area contributed by atoms with Crippen LogP contribution in [0.15, 0.2) is 84.9 Å². The second-order valence-corrected chi connectivity index (χ2v) is 8.82. The van der Waals surface area contributed by atoms with Crippen molar-refractivity contribution in [1.29, 1.82) is 0 Å². The van der Waals surface area contributed by atoms with E-state index in [0.717, 1.165) is 11.1 Å². The van der Waals surface area contributed by atoms with Crippen molar-refractivity contribution in [1.82, 2.24) is 10.2 Å². The van der Waals surface area contributed by atoms with Crippen molar-refractivity contribution in [3.8, 4) is 11.5 Å². The van der Waals surface area contributed by atoms with Crippen LogP contribution in [0.2, 0.25) is 0 Å². The molecule has 0 saturated heterocycles. The van der Waals surface area contributed by atoms with Gasteiger partial charge in [0.05, 0.1) is 7.11 Å². The molecule has 0 spiro atoms. The zero-order valence-electron chi connectivity index (χ0n) is 20.6. The van der Waals surface area contributed by atoms with Crippen molar-refractivity contribution >= 4 is 11.8 Å². The van der Waals surface area contributed by atoms with E-state index >= 15 is 0 Å². The van der Waals surface area contributed by atoms with Crippen molar-refractivity contribution in [2.24, 2.45) is 5.92 Å². The van der Waals surface area contributed by atoms with Gasteiger partial charge in [-0.1, -0.05) is 74.5 Å². The number of benzene rings is 3. The zero-order valence-corrected chi connectivity index (χ0v) is 20.6. The molecule has 3 aromatic rings. The molecule has 1 N–H and O–H groups in total. The second kappa shape index (κ2) is 13.2. The first-order chi connectivity index (χ1) is 17.0. The Morgan fingerprint density at radius 2 is 1.49 bits per heavy atom. The fraction of sp³-hybridized carbons (Fsp3) is 0.310. The summed E-state index contributed by atoms with van der Waals surface area (Å²) in [5, 5.41) is 3.02. The Morgan fingerprint density at radius 1 is 0.857 bits per heavy atom. The van der Waals surface area contributed by atoms with Crippen LogP contribution in [-0.2, 0) is 22.6 Å². The molecular weight excluding hydrogens is 440 g/mol. The first-order valence-corrected chi connectivity index (χ1v) is 11.9. The van der Waals surface area contributed by atoms with Crippen molar-refractivity contribution in [3.63, 3.8) is 0 Å². The minimum Gasteiger partial charge on any atom is -0.497 e. The quantitative estimate of drug-likeness (QED) is 0.420. The average molecular weight is 475 g/mol. The normalized spacial score (nSPS) is 11.5. The molecule has 6 heteroatoms. The van der Waals surface area contributed by atoms with E-state index in [0.29, 0.717) is 30.4 Å². The lowest BCUT2D eigenvalue weighted by atomic mass is 10.0. The van der Waals surface area contributed by atoms with Crippen LogP contribution < -0.4 is 14.8 Å². The standard InChI is InChI=1S/C29H34N2O4/c1-22(2)19-30-29(33)27(18-23-11-6-4-7-12-23)31(20-24-13-10-16-26(17-24)34-3)28(32)21-35-25-14-8-5-9-15-25/h4-17,22,27H,18-21H2,1-3H3,(H,30,33). The maximum absolute atomic E-state index is 13.5. The van der Waals surface area contributed by atoms with Crippen molar-refractivity contribution in [2.75, 3.05) is 20.3 Å². The highest BCUT2D eigenvalue weighted by Gasteiger charge is 2.30. The predicted octanol–water partition coefficient (Wildman–Crippen LogP) is 4.49. The van der Waals surface area contributed by atoms with Gasteiger partial charge in [-0.15, -0.1) is 0 Å². The number of nitrogens with one attached hydrogen (secondary N) is 1. The minimum absolute atomic E-state index is 0.170. The summed E-state index contributed by atoms with van der Waals surface area (Å²) < 4.78 is 11.1. The van der Waals surface area contributed by atoms with E-state index in [1.807, 2.05) is 86.6 Å². The van der Waals surface area contributed by atoms with Crippen LogP contribution in [-0.4, -0.2) is 43.0 Å². The third-order valence-corrected chi connectivity index (χ3v) is 5.55. The molecule has 0 aromatic heterocycles. The smallest absolute Gasteiger partial charge is 0.261 e. The Hall–Kier alpha value is -3.80. The lowest BCUT2D eigenvalue weighted by molar-refractivity contribution is -0.142. The van der Waals surface area contributed by atoms with E-state index in [2.05, 4.69) is 5.32 Å². The first kappa shape index (κ1) is 25.8. The highest BCUT2D eigenvalue weighted by Crippen LogP contribution is 2.19. The molecule has 0 radical (unpaired) electrons. The molecule has 3 aromatic carbocycles. The molecule has 184 valence electrons. The molecule has 0 aliphatic heterocycles.